The van der Waals surface area contributed by atoms with Gasteiger partial charge in [-0.1, -0.05) is 0 Å². The molecule has 0 saturated heterocycles. The summed E-state index contributed by atoms with van der Waals surface area (Å²) in [5.74, 6) is 1.92. The van der Waals surface area contributed by atoms with Gasteiger partial charge in [0.2, 0.25) is 0 Å². The van der Waals surface area contributed by atoms with Crippen LogP contribution >= 0.6 is 0 Å². The van der Waals surface area contributed by atoms with Crippen LogP contribution in [0.3, 0.4) is 0 Å². The van der Waals surface area contributed by atoms with Crippen molar-refractivity contribution in [2.45, 2.75) is 45.5 Å². The second kappa shape index (κ2) is 6.40. The fourth-order valence-electron chi connectivity index (χ4n) is 2.86. The summed E-state index contributed by atoms with van der Waals surface area (Å²) < 4.78 is 13.3. The fraction of sp³-hybridized carbons (Fsp3) is 0.471. The van der Waals surface area contributed by atoms with Gasteiger partial charge in [-0.2, -0.15) is 5.10 Å². The summed E-state index contributed by atoms with van der Waals surface area (Å²) in [7, 11) is 1.71. The van der Waals surface area contributed by atoms with Gasteiger partial charge in [0.05, 0.1) is 13.7 Å². The van der Waals surface area contributed by atoms with Crippen molar-refractivity contribution < 1.29 is 9.47 Å². The van der Waals surface area contributed by atoms with Gasteiger partial charge in [-0.15, -0.1) is 0 Å². The van der Waals surface area contributed by atoms with Crippen molar-refractivity contribution in [3.63, 3.8) is 0 Å². The molecule has 0 unspecified atom stereocenters. The minimum absolute atomic E-state index is 0.238. The zero-order valence-electron chi connectivity index (χ0n) is 13.4. The van der Waals surface area contributed by atoms with Crippen LogP contribution in [0.15, 0.2) is 30.6 Å². The summed E-state index contributed by atoms with van der Waals surface area (Å²) in [6, 6.07) is 6.40. The van der Waals surface area contributed by atoms with Crippen LogP contribution in [0.5, 0.6) is 11.5 Å². The molecule has 3 rings (SSSR count). The predicted molar refractivity (Wildman–Crippen MR) is 85.3 cm³/mol. The van der Waals surface area contributed by atoms with E-state index in [1.807, 2.05) is 16.9 Å². The van der Waals surface area contributed by atoms with Crippen molar-refractivity contribution in [1.29, 1.82) is 0 Å². The van der Waals surface area contributed by atoms with E-state index in [1.165, 1.54) is 5.56 Å². The Morgan fingerprint density at radius 1 is 1.50 bits per heavy atom. The van der Waals surface area contributed by atoms with Crippen LogP contribution in [0.2, 0.25) is 0 Å². The maximum Gasteiger partial charge on any atom is 0.127 e. The lowest BCUT2D eigenvalue weighted by Gasteiger charge is -2.16. The molecule has 0 fully saturated rings. The van der Waals surface area contributed by atoms with Gasteiger partial charge in [0, 0.05) is 42.5 Å². The lowest BCUT2D eigenvalue weighted by atomic mass is 10.1. The molecule has 5 heteroatoms. The van der Waals surface area contributed by atoms with Crippen LogP contribution < -0.4 is 14.8 Å². The number of nitrogens with zero attached hydrogens (tertiary/aromatic N) is 2. The number of ether oxygens (including phenoxy) is 2. The minimum Gasteiger partial charge on any atom is -0.497 e. The first-order chi connectivity index (χ1) is 10.7. The molecule has 0 saturated carbocycles. The van der Waals surface area contributed by atoms with E-state index in [0.717, 1.165) is 36.6 Å². The quantitative estimate of drug-likeness (QED) is 0.890. The molecule has 2 heterocycles. The summed E-state index contributed by atoms with van der Waals surface area (Å²) in [5.41, 5.74) is 2.40. The van der Waals surface area contributed by atoms with Crippen molar-refractivity contribution in [3.8, 4) is 11.5 Å². The van der Waals surface area contributed by atoms with Crippen molar-refractivity contribution in [1.82, 2.24) is 15.1 Å². The third-order valence-electron chi connectivity index (χ3n) is 3.94. The average Bonchev–Trinajstić information content (AvgIpc) is 3.12. The molecule has 1 aromatic heterocycles. The SMILES string of the molecule is COc1cc(CN[C@@H](C)Cn2cccn2)c2c(c1)C[C@@H](C)O2. The first kappa shape index (κ1) is 14.9. The van der Waals surface area contributed by atoms with Gasteiger partial charge in [-0.3, -0.25) is 4.68 Å². The van der Waals surface area contributed by atoms with E-state index < -0.39 is 0 Å². The Labute approximate surface area is 131 Å². The molecule has 1 N–H and O–H groups in total. The van der Waals surface area contributed by atoms with Crippen molar-refractivity contribution >= 4 is 0 Å². The average molecular weight is 301 g/mol. The summed E-state index contributed by atoms with van der Waals surface area (Å²) in [4.78, 5) is 0. The van der Waals surface area contributed by atoms with E-state index in [2.05, 4.69) is 36.4 Å². The molecule has 0 aliphatic carbocycles. The number of aromatic nitrogens is 2. The molecule has 0 radical (unpaired) electrons. The maximum atomic E-state index is 5.96. The Kier molecular flexibility index (Phi) is 4.34. The zero-order valence-corrected chi connectivity index (χ0v) is 13.4. The van der Waals surface area contributed by atoms with E-state index in [0.29, 0.717) is 6.04 Å². The summed E-state index contributed by atoms with van der Waals surface area (Å²) >= 11 is 0. The van der Waals surface area contributed by atoms with E-state index >= 15 is 0 Å². The number of hydrogen-bond acceptors (Lipinski definition) is 4. The molecule has 22 heavy (non-hydrogen) atoms. The van der Waals surface area contributed by atoms with Crippen molar-refractivity contribution in [2.24, 2.45) is 0 Å². The third kappa shape index (κ3) is 3.25. The largest absolute Gasteiger partial charge is 0.497 e. The molecule has 2 aromatic rings. The number of hydrogen-bond donors (Lipinski definition) is 1. The van der Waals surface area contributed by atoms with Crippen LogP contribution in [0.1, 0.15) is 25.0 Å². The second-order valence-corrected chi connectivity index (χ2v) is 5.92. The molecule has 1 aliphatic heterocycles. The van der Waals surface area contributed by atoms with Gasteiger partial charge in [-0.25, -0.2) is 0 Å². The van der Waals surface area contributed by atoms with Gasteiger partial charge in [0.25, 0.3) is 0 Å². The summed E-state index contributed by atoms with van der Waals surface area (Å²) in [6.07, 6.45) is 4.97. The van der Waals surface area contributed by atoms with Crippen LogP contribution in [-0.4, -0.2) is 29.0 Å². The highest BCUT2D eigenvalue weighted by Crippen LogP contribution is 2.36. The molecule has 1 aliphatic rings. The normalized spacial score (nSPS) is 17.9. The first-order valence-corrected chi connectivity index (χ1v) is 7.73. The highest BCUT2D eigenvalue weighted by molar-refractivity contribution is 5.49. The molecular weight excluding hydrogens is 278 g/mol. The highest BCUT2D eigenvalue weighted by atomic mass is 16.5. The van der Waals surface area contributed by atoms with Gasteiger partial charge in [-0.05, 0) is 32.0 Å². The number of rotatable bonds is 6. The minimum atomic E-state index is 0.238. The van der Waals surface area contributed by atoms with E-state index in [4.69, 9.17) is 9.47 Å². The highest BCUT2D eigenvalue weighted by Gasteiger charge is 2.23. The fourth-order valence-corrected chi connectivity index (χ4v) is 2.86. The number of fused-ring (bicyclic) bond motifs is 1. The van der Waals surface area contributed by atoms with Gasteiger partial charge >= 0.3 is 0 Å². The molecule has 1 aromatic carbocycles. The molecule has 0 bridgehead atoms. The smallest absolute Gasteiger partial charge is 0.127 e. The Hall–Kier alpha value is -2.01. The van der Waals surface area contributed by atoms with E-state index in [9.17, 15) is 0 Å². The number of nitrogens with one attached hydrogen (secondary N) is 1. The standard InChI is InChI=1S/C17H23N3O2/c1-12(11-20-6-4-5-19-20)18-10-15-9-16(21-3)8-14-7-13(2)22-17(14)15/h4-6,8-9,12-13,18H,7,10-11H2,1-3H3/t12-,13+/m0/s1. The lowest BCUT2D eigenvalue weighted by Crippen LogP contribution is -2.30. The second-order valence-electron chi connectivity index (χ2n) is 5.92. The number of methoxy groups -OCH3 is 1. The topological polar surface area (TPSA) is 48.3 Å². The van der Waals surface area contributed by atoms with Crippen LogP contribution in [0.4, 0.5) is 0 Å². The summed E-state index contributed by atoms with van der Waals surface area (Å²) in [6.45, 7) is 5.86. The van der Waals surface area contributed by atoms with E-state index in [-0.39, 0.29) is 6.10 Å². The Morgan fingerprint density at radius 3 is 3.09 bits per heavy atom. The molecular formula is C17H23N3O2. The van der Waals surface area contributed by atoms with Crippen LogP contribution in [0.25, 0.3) is 0 Å². The lowest BCUT2D eigenvalue weighted by molar-refractivity contribution is 0.251. The molecule has 0 amide bonds. The number of benzene rings is 1. The predicted octanol–water partition coefficient (Wildman–Crippen LogP) is 2.39. The molecule has 5 nitrogen and oxygen atoms in total. The van der Waals surface area contributed by atoms with Gasteiger partial charge in [0.1, 0.15) is 17.6 Å². The summed E-state index contributed by atoms with van der Waals surface area (Å²) in [5, 5.41) is 7.77. The van der Waals surface area contributed by atoms with Crippen LogP contribution in [-0.2, 0) is 19.5 Å². The Balaban J connectivity index is 1.68. The molecule has 0 spiro atoms. The Bertz CT molecular complexity index is 625. The van der Waals surface area contributed by atoms with Crippen molar-refractivity contribution in [3.05, 3.63) is 41.7 Å². The molecule has 118 valence electrons. The van der Waals surface area contributed by atoms with Gasteiger partial charge < -0.3 is 14.8 Å². The zero-order chi connectivity index (χ0) is 15.5. The van der Waals surface area contributed by atoms with Crippen molar-refractivity contribution in [2.75, 3.05) is 7.11 Å². The maximum absolute atomic E-state index is 5.96. The van der Waals surface area contributed by atoms with Crippen LogP contribution in [0, 0.1) is 0 Å². The first-order valence-electron chi connectivity index (χ1n) is 7.73. The van der Waals surface area contributed by atoms with Gasteiger partial charge in [0.15, 0.2) is 0 Å². The third-order valence-corrected chi connectivity index (χ3v) is 3.94. The van der Waals surface area contributed by atoms with E-state index in [1.54, 1.807) is 13.3 Å². The Morgan fingerprint density at radius 2 is 2.36 bits per heavy atom. The monoisotopic (exact) mass is 301 g/mol. The molecule has 2 atom stereocenters.